The van der Waals surface area contributed by atoms with Crippen molar-refractivity contribution in [2.45, 2.75) is 65.2 Å². The quantitative estimate of drug-likeness (QED) is 0.402. The Labute approximate surface area is 187 Å². The Kier molecular flexibility index (Phi) is 3.43. The molecule has 154 valence electrons. The van der Waals surface area contributed by atoms with Gasteiger partial charge in [0.1, 0.15) is 0 Å². The van der Waals surface area contributed by atoms with Gasteiger partial charge in [-0.1, -0.05) is 33.8 Å². The van der Waals surface area contributed by atoms with Gasteiger partial charge in [0.15, 0.2) is 0 Å². The molecule has 3 heteroatoms. The number of aromatic nitrogens is 1. The molecule has 30 heavy (non-hydrogen) atoms. The molecule has 0 radical (unpaired) electrons. The summed E-state index contributed by atoms with van der Waals surface area (Å²) in [6, 6.07) is 11.5. The first-order chi connectivity index (χ1) is 14.3. The lowest BCUT2D eigenvalue weighted by Crippen LogP contribution is -2.47. The van der Waals surface area contributed by atoms with Crippen molar-refractivity contribution in [3.05, 3.63) is 51.2 Å². The number of hydrogen-bond donors (Lipinski definition) is 0. The first kappa shape index (κ1) is 18.2. The lowest BCUT2D eigenvalue weighted by molar-refractivity contribution is 0.0213. The fourth-order valence-electron chi connectivity index (χ4n) is 6.90. The van der Waals surface area contributed by atoms with Crippen molar-refractivity contribution in [2.75, 3.05) is 0 Å². The summed E-state index contributed by atoms with van der Waals surface area (Å²) in [5.41, 5.74) is 6.53. The van der Waals surface area contributed by atoms with Crippen LogP contribution in [0.5, 0.6) is 0 Å². The zero-order valence-corrected chi connectivity index (χ0v) is 19.9. The van der Waals surface area contributed by atoms with Gasteiger partial charge in [-0.05, 0) is 95.6 Å². The van der Waals surface area contributed by atoms with Crippen molar-refractivity contribution in [3.8, 4) is 21.1 Å². The SMILES string of the molecule is CC1(C)[C@H]2Cc3cc(-c4cccc(-c5cc6c(s5)[C@@H]5C[C@H](C6)C5(C)C)n4)sc3[C@@H]1C2. The normalized spacial score (nSPS) is 31.3. The van der Waals surface area contributed by atoms with Gasteiger partial charge in [-0.15, -0.1) is 22.7 Å². The van der Waals surface area contributed by atoms with Crippen LogP contribution in [0.3, 0.4) is 0 Å². The van der Waals surface area contributed by atoms with E-state index in [-0.39, 0.29) is 0 Å². The van der Waals surface area contributed by atoms with Gasteiger partial charge >= 0.3 is 0 Å². The molecular formula is C27H29NS2. The first-order valence-electron chi connectivity index (χ1n) is 11.6. The Morgan fingerprint density at radius 3 is 1.67 bits per heavy atom. The van der Waals surface area contributed by atoms with Crippen molar-refractivity contribution in [3.63, 3.8) is 0 Å². The second kappa shape index (κ2) is 5.66. The van der Waals surface area contributed by atoms with Crippen LogP contribution in [0.1, 0.15) is 73.3 Å². The molecule has 1 nitrogen and oxygen atoms in total. The van der Waals surface area contributed by atoms with Crippen molar-refractivity contribution in [1.82, 2.24) is 4.98 Å². The minimum Gasteiger partial charge on any atom is -0.246 e. The molecular weight excluding hydrogens is 402 g/mol. The Bertz CT molecular complexity index is 1100. The molecule has 6 aliphatic carbocycles. The van der Waals surface area contributed by atoms with E-state index in [1.165, 1.54) is 35.4 Å². The van der Waals surface area contributed by atoms with E-state index in [0.29, 0.717) is 10.8 Å². The topological polar surface area (TPSA) is 12.9 Å². The first-order valence-corrected chi connectivity index (χ1v) is 13.2. The third kappa shape index (κ3) is 2.21. The molecule has 0 aromatic carbocycles. The fraction of sp³-hybridized carbons (Fsp3) is 0.519. The molecule has 0 saturated heterocycles. The molecule has 2 saturated carbocycles. The number of pyridine rings is 1. The summed E-state index contributed by atoms with van der Waals surface area (Å²) in [4.78, 5) is 11.2. The van der Waals surface area contributed by atoms with Gasteiger partial charge in [0, 0.05) is 9.75 Å². The highest BCUT2D eigenvalue weighted by molar-refractivity contribution is 7.16. The van der Waals surface area contributed by atoms with Crippen molar-refractivity contribution in [2.24, 2.45) is 22.7 Å². The third-order valence-electron chi connectivity index (χ3n) is 9.44. The van der Waals surface area contributed by atoms with Crippen LogP contribution >= 0.6 is 22.7 Å². The van der Waals surface area contributed by atoms with E-state index in [1.54, 1.807) is 20.9 Å². The minimum atomic E-state index is 0.495. The summed E-state index contributed by atoms with van der Waals surface area (Å²) >= 11 is 4.03. The summed E-state index contributed by atoms with van der Waals surface area (Å²) < 4.78 is 0. The largest absolute Gasteiger partial charge is 0.246 e. The predicted molar refractivity (Wildman–Crippen MR) is 128 cm³/mol. The summed E-state index contributed by atoms with van der Waals surface area (Å²) in [5, 5.41) is 0. The molecule has 3 aromatic rings. The van der Waals surface area contributed by atoms with E-state index in [0.717, 1.165) is 35.1 Å². The van der Waals surface area contributed by atoms with Gasteiger partial charge in [0.25, 0.3) is 0 Å². The maximum absolute atomic E-state index is 5.17. The highest BCUT2D eigenvalue weighted by Gasteiger charge is 2.54. The van der Waals surface area contributed by atoms with Gasteiger partial charge < -0.3 is 0 Å². The van der Waals surface area contributed by atoms with E-state index in [2.05, 4.69) is 58.0 Å². The van der Waals surface area contributed by atoms with E-state index < -0.39 is 0 Å². The second-order valence-electron chi connectivity index (χ2n) is 11.4. The molecule has 0 unspecified atom stereocenters. The standard InChI is InChI=1S/C27H29NS2/c1-26(2)16-8-14-10-22(29-24(14)18(26)12-16)20-6-5-7-21(28-20)23-11-15-9-17-13-19(25(15)30-23)27(17,3)4/h5-7,10-11,16-19H,8-9,12-13H2,1-4H3/t16-,17-,18-,19-/m0/s1. The molecule has 6 aliphatic rings. The van der Waals surface area contributed by atoms with E-state index in [9.17, 15) is 0 Å². The average Bonchev–Trinajstić information content (AvgIpc) is 3.37. The van der Waals surface area contributed by atoms with Crippen LogP contribution in [0, 0.1) is 22.7 Å². The van der Waals surface area contributed by atoms with Crippen LogP contribution in [0.2, 0.25) is 0 Å². The molecule has 9 rings (SSSR count). The smallest absolute Gasteiger partial charge is 0.0809 e. The molecule has 2 fully saturated rings. The van der Waals surface area contributed by atoms with Crippen LogP contribution < -0.4 is 0 Å². The van der Waals surface area contributed by atoms with Crippen molar-refractivity contribution < 1.29 is 0 Å². The van der Waals surface area contributed by atoms with Gasteiger partial charge in [0.05, 0.1) is 21.1 Å². The lowest BCUT2D eigenvalue weighted by atomic mass is 9.49. The summed E-state index contributed by atoms with van der Waals surface area (Å²) in [6.07, 6.45) is 5.33. The zero-order chi connectivity index (χ0) is 20.4. The van der Waals surface area contributed by atoms with Gasteiger partial charge in [-0.3, -0.25) is 0 Å². The molecule has 3 heterocycles. The van der Waals surface area contributed by atoms with Crippen LogP contribution in [-0.4, -0.2) is 4.98 Å². The van der Waals surface area contributed by atoms with E-state index in [1.807, 2.05) is 22.7 Å². The average molecular weight is 432 g/mol. The fourth-order valence-corrected chi connectivity index (χ4v) is 9.85. The van der Waals surface area contributed by atoms with E-state index in [4.69, 9.17) is 4.98 Å². The second-order valence-corrected chi connectivity index (χ2v) is 13.6. The van der Waals surface area contributed by atoms with Crippen LogP contribution in [-0.2, 0) is 12.8 Å². The molecule has 0 N–H and O–H groups in total. The Morgan fingerprint density at radius 2 is 1.23 bits per heavy atom. The maximum atomic E-state index is 5.17. The summed E-state index contributed by atoms with van der Waals surface area (Å²) in [6.45, 7) is 9.88. The molecule has 4 bridgehead atoms. The van der Waals surface area contributed by atoms with Gasteiger partial charge in [-0.25, -0.2) is 4.98 Å². The number of nitrogens with zero attached hydrogens (tertiary/aromatic N) is 1. The zero-order valence-electron chi connectivity index (χ0n) is 18.3. The van der Waals surface area contributed by atoms with Gasteiger partial charge in [0.2, 0.25) is 0 Å². The van der Waals surface area contributed by atoms with Crippen molar-refractivity contribution >= 4 is 22.7 Å². The predicted octanol–water partition coefficient (Wildman–Crippen LogP) is 7.91. The van der Waals surface area contributed by atoms with E-state index >= 15 is 0 Å². The van der Waals surface area contributed by atoms with Gasteiger partial charge in [-0.2, -0.15) is 0 Å². The molecule has 4 atom stereocenters. The number of rotatable bonds is 2. The minimum absolute atomic E-state index is 0.495. The Hall–Kier alpha value is -1.45. The third-order valence-corrected chi connectivity index (χ3v) is 12.1. The number of thiophene rings is 2. The number of hydrogen-bond acceptors (Lipinski definition) is 3. The lowest BCUT2D eigenvalue weighted by Gasteiger charge is -2.56. The van der Waals surface area contributed by atoms with Crippen LogP contribution in [0.15, 0.2) is 30.3 Å². The molecule has 0 aliphatic heterocycles. The molecule has 0 spiro atoms. The Morgan fingerprint density at radius 1 is 0.767 bits per heavy atom. The highest BCUT2D eigenvalue weighted by Crippen LogP contribution is 2.65. The maximum Gasteiger partial charge on any atom is 0.0809 e. The van der Waals surface area contributed by atoms with Crippen LogP contribution in [0.25, 0.3) is 21.1 Å². The van der Waals surface area contributed by atoms with Crippen molar-refractivity contribution in [1.29, 1.82) is 0 Å². The molecule has 3 aromatic heterocycles. The van der Waals surface area contributed by atoms with Crippen LogP contribution in [0.4, 0.5) is 0 Å². The summed E-state index contributed by atoms with van der Waals surface area (Å²) in [7, 11) is 0. The Balaban J connectivity index is 1.25. The monoisotopic (exact) mass is 431 g/mol. The highest BCUT2D eigenvalue weighted by atomic mass is 32.1. The molecule has 0 amide bonds. The summed E-state index contributed by atoms with van der Waals surface area (Å²) in [5.74, 6) is 3.30.